The lowest BCUT2D eigenvalue weighted by molar-refractivity contribution is -0.119. The van der Waals surface area contributed by atoms with Crippen LogP contribution in [-0.2, 0) is 4.79 Å². The summed E-state index contributed by atoms with van der Waals surface area (Å²) >= 11 is 1.06. The van der Waals surface area contributed by atoms with Gasteiger partial charge in [-0.1, -0.05) is 41.6 Å². The van der Waals surface area contributed by atoms with E-state index in [1.165, 1.54) is 6.07 Å². The van der Waals surface area contributed by atoms with Crippen molar-refractivity contribution in [2.75, 3.05) is 5.32 Å². The fourth-order valence-corrected chi connectivity index (χ4v) is 3.33. The molecule has 0 aliphatic heterocycles. The van der Waals surface area contributed by atoms with Crippen LogP contribution in [0.3, 0.4) is 0 Å². The van der Waals surface area contributed by atoms with Crippen molar-refractivity contribution in [2.24, 2.45) is 0 Å². The van der Waals surface area contributed by atoms with E-state index in [0.29, 0.717) is 5.69 Å². The van der Waals surface area contributed by atoms with Crippen molar-refractivity contribution in [3.8, 4) is 11.4 Å². The van der Waals surface area contributed by atoms with Crippen molar-refractivity contribution in [2.45, 2.75) is 31.2 Å². The van der Waals surface area contributed by atoms with Gasteiger partial charge in [-0.15, -0.1) is 5.10 Å². The van der Waals surface area contributed by atoms with Crippen molar-refractivity contribution in [1.29, 1.82) is 0 Å². The third-order valence-corrected chi connectivity index (χ3v) is 5.07. The molecule has 3 N–H and O–H groups in total. The molecule has 150 valence electrons. The number of rotatable bonds is 5. The number of H-pyrrole nitrogens is 1. The van der Waals surface area contributed by atoms with Gasteiger partial charge in [0.25, 0.3) is 0 Å². The van der Waals surface area contributed by atoms with Gasteiger partial charge >= 0.3 is 6.03 Å². The van der Waals surface area contributed by atoms with Gasteiger partial charge in [0.1, 0.15) is 5.82 Å². The molecule has 0 bridgehead atoms. The van der Waals surface area contributed by atoms with Gasteiger partial charge in [0.15, 0.2) is 5.82 Å². The van der Waals surface area contributed by atoms with E-state index in [1.54, 1.807) is 31.2 Å². The zero-order valence-electron chi connectivity index (χ0n) is 16.1. The van der Waals surface area contributed by atoms with Crippen LogP contribution < -0.4 is 10.6 Å². The Morgan fingerprint density at radius 3 is 2.66 bits per heavy atom. The second-order valence-corrected chi connectivity index (χ2v) is 7.78. The zero-order valence-corrected chi connectivity index (χ0v) is 16.9. The Hall–Kier alpha value is -3.20. The van der Waals surface area contributed by atoms with Crippen LogP contribution >= 0.6 is 11.8 Å². The molecule has 3 rings (SSSR count). The Kier molecular flexibility index (Phi) is 6.28. The topological polar surface area (TPSA) is 99.8 Å². The summed E-state index contributed by atoms with van der Waals surface area (Å²) in [5, 5.41) is 11.3. The fraction of sp³-hybridized carbons (Fsp3) is 0.200. The number of benzene rings is 2. The standard InChI is InChI=1S/C20H20FN5O2S/c1-11-8-9-16(12(2)10-11)22-19(28)24-18(27)13(3)29-20-23-17(25-26-20)14-6-4-5-7-15(14)21/h4-10,13H,1-3H3,(H,23,25,26)(H2,22,24,27,28). The molecule has 1 aromatic heterocycles. The van der Waals surface area contributed by atoms with Crippen LogP contribution in [0.4, 0.5) is 14.9 Å². The van der Waals surface area contributed by atoms with Crippen LogP contribution in [0.5, 0.6) is 0 Å². The minimum Gasteiger partial charge on any atom is -0.307 e. The molecule has 1 unspecified atom stereocenters. The Bertz CT molecular complexity index is 1050. The van der Waals surface area contributed by atoms with Gasteiger partial charge in [0.05, 0.1) is 10.8 Å². The molecular formula is C20H20FN5O2S. The smallest absolute Gasteiger partial charge is 0.307 e. The van der Waals surface area contributed by atoms with Crippen LogP contribution in [0.25, 0.3) is 11.4 Å². The number of aromatic amines is 1. The van der Waals surface area contributed by atoms with Crippen molar-refractivity contribution >= 4 is 29.4 Å². The zero-order chi connectivity index (χ0) is 21.0. The number of amides is 3. The van der Waals surface area contributed by atoms with Gasteiger partial charge in [0, 0.05) is 5.69 Å². The maximum Gasteiger partial charge on any atom is 0.325 e. The molecule has 1 heterocycles. The normalized spacial score (nSPS) is 11.7. The van der Waals surface area contributed by atoms with Crippen molar-refractivity contribution < 1.29 is 14.0 Å². The second kappa shape index (κ2) is 8.87. The third kappa shape index (κ3) is 5.20. The number of imide groups is 1. The van der Waals surface area contributed by atoms with Gasteiger partial charge in [0.2, 0.25) is 11.1 Å². The maximum absolute atomic E-state index is 13.8. The molecule has 0 saturated carbocycles. The molecule has 0 radical (unpaired) electrons. The summed E-state index contributed by atoms with van der Waals surface area (Å²) in [5.41, 5.74) is 2.90. The average molecular weight is 413 g/mol. The monoisotopic (exact) mass is 413 g/mol. The van der Waals surface area contributed by atoms with E-state index in [4.69, 9.17) is 0 Å². The summed E-state index contributed by atoms with van der Waals surface area (Å²) in [6.45, 7) is 5.46. The quantitative estimate of drug-likeness (QED) is 0.548. The molecule has 0 fully saturated rings. The van der Waals surface area contributed by atoms with Crippen LogP contribution in [0, 0.1) is 19.7 Å². The highest BCUT2D eigenvalue weighted by Crippen LogP contribution is 2.24. The first-order chi connectivity index (χ1) is 13.8. The molecular weight excluding hydrogens is 393 g/mol. The number of halogens is 1. The van der Waals surface area contributed by atoms with E-state index in [-0.39, 0.29) is 16.5 Å². The number of hydrogen-bond donors (Lipinski definition) is 3. The second-order valence-electron chi connectivity index (χ2n) is 6.47. The first-order valence-electron chi connectivity index (χ1n) is 8.86. The fourth-order valence-electron chi connectivity index (χ4n) is 2.61. The van der Waals surface area contributed by atoms with Gasteiger partial charge in [-0.2, -0.15) is 0 Å². The maximum atomic E-state index is 13.8. The molecule has 1 atom stereocenters. The number of thioether (sulfide) groups is 1. The number of carbonyl (C=O) groups excluding carboxylic acids is 2. The van der Waals surface area contributed by atoms with Crippen LogP contribution in [0.2, 0.25) is 0 Å². The highest BCUT2D eigenvalue weighted by Gasteiger charge is 2.20. The summed E-state index contributed by atoms with van der Waals surface area (Å²) in [6, 6.07) is 11.2. The Morgan fingerprint density at radius 2 is 1.93 bits per heavy atom. The van der Waals surface area contributed by atoms with Gasteiger partial charge in [-0.3, -0.25) is 15.2 Å². The molecule has 3 aromatic rings. The molecule has 2 aromatic carbocycles. The van der Waals surface area contributed by atoms with Crippen molar-refractivity contribution in [3.05, 3.63) is 59.4 Å². The number of aryl methyl sites for hydroxylation is 2. The summed E-state index contributed by atoms with van der Waals surface area (Å²) in [6.07, 6.45) is 0. The van der Waals surface area contributed by atoms with Gasteiger partial charge < -0.3 is 5.32 Å². The van der Waals surface area contributed by atoms with Crippen molar-refractivity contribution in [3.63, 3.8) is 0 Å². The lowest BCUT2D eigenvalue weighted by atomic mass is 10.1. The molecule has 0 aliphatic rings. The molecule has 29 heavy (non-hydrogen) atoms. The number of nitrogens with one attached hydrogen (secondary N) is 3. The summed E-state index contributed by atoms with van der Waals surface area (Å²) in [7, 11) is 0. The number of carbonyl (C=O) groups is 2. The molecule has 0 saturated heterocycles. The predicted octanol–water partition coefficient (Wildman–Crippen LogP) is 4.06. The SMILES string of the molecule is Cc1ccc(NC(=O)NC(=O)C(C)Sc2n[nH]c(-c3ccccc3F)n2)c(C)c1. The van der Waals surface area contributed by atoms with E-state index in [9.17, 15) is 14.0 Å². The average Bonchev–Trinajstić information content (AvgIpc) is 3.12. The van der Waals surface area contributed by atoms with Crippen LogP contribution in [-0.4, -0.2) is 32.4 Å². The van der Waals surface area contributed by atoms with Crippen LogP contribution in [0.1, 0.15) is 18.1 Å². The lowest BCUT2D eigenvalue weighted by Gasteiger charge is -2.12. The molecule has 9 heteroatoms. The molecule has 0 aliphatic carbocycles. The Labute approximate surface area is 171 Å². The first-order valence-corrected chi connectivity index (χ1v) is 9.74. The Balaban J connectivity index is 1.58. The summed E-state index contributed by atoms with van der Waals surface area (Å²) in [5.74, 6) is -0.644. The Morgan fingerprint density at radius 1 is 1.17 bits per heavy atom. The van der Waals surface area contributed by atoms with E-state index in [2.05, 4.69) is 25.8 Å². The minimum atomic E-state index is -0.635. The number of nitrogens with zero attached hydrogens (tertiary/aromatic N) is 2. The van der Waals surface area contributed by atoms with E-state index in [1.807, 2.05) is 26.0 Å². The number of anilines is 1. The first kappa shape index (κ1) is 20.5. The summed E-state index contributed by atoms with van der Waals surface area (Å²) in [4.78, 5) is 28.6. The van der Waals surface area contributed by atoms with Gasteiger partial charge in [-0.05, 0) is 44.5 Å². The van der Waals surface area contributed by atoms with Gasteiger partial charge in [-0.25, -0.2) is 14.2 Å². The predicted molar refractivity (Wildman–Crippen MR) is 110 cm³/mol. The lowest BCUT2D eigenvalue weighted by Crippen LogP contribution is -2.39. The van der Waals surface area contributed by atoms with E-state index < -0.39 is 23.0 Å². The number of aromatic nitrogens is 3. The molecule has 0 spiro atoms. The number of urea groups is 1. The highest BCUT2D eigenvalue weighted by atomic mass is 32.2. The van der Waals surface area contributed by atoms with Crippen LogP contribution in [0.15, 0.2) is 47.6 Å². The molecule has 7 nitrogen and oxygen atoms in total. The van der Waals surface area contributed by atoms with Crippen molar-refractivity contribution in [1.82, 2.24) is 20.5 Å². The molecule has 3 amide bonds. The van der Waals surface area contributed by atoms with E-state index >= 15 is 0 Å². The number of hydrogen-bond acceptors (Lipinski definition) is 5. The van der Waals surface area contributed by atoms with E-state index in [0.717, 1.165) is 22.9 Å². The summed E-state index contributed by atoms with van der Waals surface area (Å²) < 4.78 is 13.8. The third-order valence-electron chi connectivity index (χ3n) is 4.11. The minimum absolute atomic E-state index is 0.269. The largest absolute Gasteiger partial charge is 0.325 e. The highest BCUT2D eigenvalue weighted by molar-refractivity contribution is 8.00.